The number of amides is 4. The lowest BCUT2D eigenvalue weighted by molar-refractivity contribution is -0.128. The van der Waals surface area contributed by atoms with Gasteiger partial charge in [0.15, 0.2) is 0 Å². The van der Waals surface area contributed by atoms with Gasteiger partial charge in [0.1, 0.15) is 32.8 Å². The first-order valence-corrected chi connectivity index (χ1v) is 17.3. The van der Waals surface area contributed by atoms with Gasteiger partial charge in [-0.05, 0) is 94.5 Å². The number of nitrogens with one attached hydrogen (secondary N) is 3. The highest BCUT2D eigenvalue weighted by Gasteiger charge is 2.35. The maximum absolute atomic E-state index is 13.8. The van der Waals surface area contributed by atoms with Crippen molar-refractivity contribution >= 4 is 56.5 Å². The molecule has 3 N–H and O–H groups in total. The summed E-state index contributed by atoms with van der Waals surface area (Å²) in [6, 6.07) is 18.6. The number of nitriles is 1. The number of carbonyl (C=O) groups is 3. The Balaban J connectivity index is 1.09. The minimum absolute atomic E-state index is 0.0959. The molecule has 12 heteroatoms. The Morgan fingerprint density at radius 2 is 1.88 bits per heavy atom. The summed E-state index contributed by atoms with van der Waals surface area (Å²) in [6.07, 6.45) is 6.91. The van der Waals surface area contributed by atoms with Crippen molar-refractivity contribution in [3.8, 4) is 17.6 Å². The molecule has 2 fully saturated rings. The number of hydrogen-bond acceptors (Lipinski definition) is 8. The van der Waals surface area contributed by atoms with Crippen molar-refractivity contribution < 1.29 is 19.1 Å². The van der Waals surface area contributed by atoms with Crippen LogP contribution in [0.25, 0.3) is 10.2 Å². The lowest BCUT2D eigenvalue weighted by atomic mass is 9.99. The highest BCUT2D eigenvalue weighted by molar-refractivity contribution is 7.21. The Morgan fingerprint density at radius 3 is 2.61 bits per heavy atom. The van der Waals surface area contributed by atoms with Gasteiger partial charge in [0, 0.05) is 36.9 Å². The van der Waals surface area contributed by atoms with Crippen LogP contribution in [0.2, 0.25) is 0 Å². The average Bonchev–Trinajstić information content (AvgIpc) is 3.81. The summed E-state index contributed by atoms with van der Waals surface area (Å²) in [5.41, 5.74) is 2.17. The molecule has 2 aromatic heterocycles. The lowest BCUT2D eigenvalue weighted by Crippen LogP contribution is -2.50. The van der Waals surface area contributed by atoms with E-state index in [4.69, 9.17) is 4.74 Å². The van der Waals surface area contributed by atoms with Crippen LogP contribution in [0.3, 0.4) is 0 Å². The fourth-order valence-corrected chi connectivity index (χ4v) is 7.57. The van der Waals surface area contributed by atoms with Gasteiger partial charge in [0.25, 0.3) is 11.8 Å². The fraction of sp³-hybridized carbons (Fsp3) is 0.324. The number of para-hydroxylation sites is 1. The van der Waals surface area contributed by atoms with Crippen molar-refractivity contribution in [2.75, 3.05) is 23.3 Å². The number of aromatic nitrogens is 1. The van der Waals surface area contributed by atoms with Gasteiger partial charge >= 0.3 is 6.03 Å². The van der Waals surface area contributed by atoms with Gasteiger partial charge < -0.3 is 25.6 Å². The number of hydrogen-bond donors (Lipinski definition) is 3. The third-order valence-electron chi connectivity index (χ3n) is 8.89. The van der Waals surface area contributed by atoms with Crippen LogP contribution in [0.5, 0.6) is 11.5 Å². The van der Waals surface area contributed by atoms with Crippen LogP contribution in [0.15, 0.2) is 72.4 Å². The number of anilines is 3. The van der Waals surface area contributed by atoms with Crippen LogP contribution in [0.1, 0.15) is 54.8 Å². The quantitative estimate of drug-likeness (QED) is 0.131. The number of piperidine rings is 1. The van der Waals surface area contributed by atoms with Crippen molar-refractivity contribution in [3.05, 3.63) is 82.9 Å². The van der Waals surface area contributed by atoms with E-state index in [1.165, 1.54) is 11.3 Å². The van der Waals surface area contributed by atoms with Gasteiger partial charge in [-0.1, -0.05) is 18.2 Å². The van der Waals surface area contributed by atoms with Crippen LogP contribution < -0.4 is 25.6 Å². The highest BCUT2D eigenvalue weighted by Crippen LogP contribution is 2.46. The molecule has 4 heterocycles. The number of likely N-dealkylation sites (tertiary alicyclic amines) is 1. The molecule has 4 amide bonds. The summed E-state index contributed by atoms with van der Waals surface area (Å²) in [4.78, 5) is 49.6. The standard InChI is InChI=1S/C37H37N7O4S/c1-22-18-27(48-26-9-5-4-6-10-26)13-14-28(22)44-29-15-16-39-34-30(29)31(41-36(44)47)32(49-34)33(45)40-25-8-7-17-43(21-25)35(46)23(20-38)19-37(2,3)42-24-11-12-24/h4-6,9-10,13-16,18-19,24-25,42H,7-8,11-12,17,21H2,1-3H3,(H,40,45)(H,41,47). The predicted molar refractivity (Wildman–Crippen MR) is 189 cm³/mol. The second-order valence-electron chi connectivity index (χ2n) is 13.3. The van der Waals surface area contributed by atoms with E-state index in [0.29, 0.717) is 69.1 Å². The fourth-order valence-electron chi connectivity index (χ4n) is 6.55. The molecule has 3 aliphatic rings. The smallest absolute Gasteiger partial charge is 0.331 e. The molecule has 11 nitrogen and oxygen atoms in total. The van der Waals surface area contributed by atoms with E-state index in [1.54, 1.807) is 28.1 Å². The molecule has 1 unspecified atom stereocenters. The second-order valence-corrected chi connectivity index (χ2v) is 14.3. The van der Waals surface area contributed by atoms with Gasteiger partial charge in [-0.25, -0.2) is 9.78 Å². The molecule has 0 spiro atoms. The molecule has 1 atom stereocenters. The first kappa shape index (κ1) is 32.3. The number of pyridine rings is 1. The zero-order chi connectivity index (χ0) is 34.3. The molecular formula is C37H37N7O4S. The van der Waals surface area contributed by atoms with Gasteiger partial charge in [0.2, 0.25) is 0 Å². The van der Waals surface area contributed by atoms with Crippen LogP contribution in [0.4, 0.5) is 21.9 Å². The molecule has 49 heavy (non-hydrogen) atoms. The highest BCUT2D eigenvalue weighted by atomic mass is 32.1. The van der Waals surface area contributed by atoms with Crippen LogP contribution in [-0.2, 0) is 4.79 Å². The minimum atomic E-state index is -0.486. The van der Waals surface area contributed by atoms with Crippen LogP contribution in [-0.4, -0.2) is 58.4 Å². The Hall–Kier alpha value is -5.25. The average molecular weight is 676 g/mol. The Kier molecular flexibility index (Phi) is 8.56. The summed E-state index contributed by atoms with van der Waals surface area (Å²) in [7, 11) is 0. The Bertz CT molecular complexity index is 2030. The zero-order valence-corrected chi connectivity index (χ0v) is 28.4. The van der Waals surface area contributed by atoms with E-state index < -0.39 is 11.6 Å². The van der Waals surface area contributed by atoms with E-state index in [1.807, 2.05) is 69.3 Å². The number of aryl methyl sites for hydroxylation is 1. The molecule has 0 bridgehead atoms. The second kappa shape index (κ2) is 13.0. The molecular weight excluding hydrogens is 639 g/mol. The molecule has 2 aromatic carbocycles. The monoisotopic (exact) mass is 675 g/mol. The number of benzene rings is 2. The van der Waals surface area contributed by atoms with E-state index in [-0.39, 0.29) is 30.0 Å². The SMILES string of the molecule is Cc1cc(Oc2ccccc2)ccc1N1C(=O)Nc2c(C(=O)NC3CCCN(C(=O)C(C#N)=CC(C)(C)NC4CC4)C3)sc3nccc1c23. The normalized spacial score (nSPS) is 17.8. The van der Waals surface area contributed by atoms with Crippen molar-refractivity contribution in [2.45, 2.75) is 64.1 Å². The molecule has 1 aliphatic carbocycles. The maximum atomic E-state index is 13.8. The first-order valence-electron chi connectivity index (χ1n) is 16.5. The summed E-state index contributed by atoms with van der Waals surface area (Å²) in [5.74, 6) is 0.686. The number of thiophene rings is 1. The Morgan fingerprint density at radius 1 is 1.08 bits per heavy atom. The minimum Gasteiger partial charge on any atom is -0.457 e. The first-order chi connectivity index (χ1) is 23.6. The van der Waals surface area contributed by atoms with Gasteiger partial charge in [-0.15, -0.1) is 11.3 Å². The van der Waals surface area contributed by atoms with E-state index in [2.05, 4.69) is 27.0 Å². The predicted octanol–water partition coefficient (Wildman–Crippen LogP) is 6.78. The van der Waals surface area contributed by atoms with E-state index in [0.717, 1.165) is 18.4 Å². The van der Waals surface area contributed by atoms with Crippen molar-refractivity contribution in [1.29, 1.82) is 5.26 Å². The number of carbonyl (C=O) groups excluding carboxylic acids is 3. The summed E-state index contributed by atoms with van der Waals surface area (Å²) in [5, 5.41) is 20.0. The largest absolute Gasteiger partial charge is 0.457 e. The molecule has 1 saturated carbocycles. The van der Waals surface area contributed by atoms with Crippen molar-refractivity contribution in [1.82, 2.24) is 20.5 Å². The van der Waals surface area contributed by atoms with Gasteiger partial charge in [-0.3, -0.25) is 14.5 Å². The molecule has 7 rings (SSSR count). The molecule has 2 aliphatic heterocycles. The molecule has 1 saturated heterocycles. The zero-order valence-electron chi connectivity index (χ0n) is 27.6. The number of ether oxygens (including phenoxy) is 1. The number of urea groups is 1. The van der Waals surface area contributed by atoms with Crippen LogP contribution in [0, 0.1) is 18.3 Å². The lowest BCUT2D eigenvalue weighted by Gasteiger charge is -2.33. The number of nitrogens with zero attached hydrogens (tertiary/aromatic N) is 4. The molecule has 250 valence electrons. The van der Waals surface area contributed by atoms with Gasteiger partial charge in [-0.2, -0.15) is 5.26 Å². The van der Waals surface area contributed by atoms with E-state index in [9.17, 15) is 19.6 Å². The maximum Gasteiger partial charge on any atom is 0.331 e. The van der Waals surface area contributed by atoms with Crippen LogP contribution >= 0.6 is 11.3 Å². The summed E-state index contributed by atoms with van der Waals surface area (Å²) in [6.45, 7) is 6.63. The Labute approximate surface area is 288 Å². The van der Waals surface area contributed by atoms with Crippen molar-refractivity contribution in [3.63, 3.8) is 0 Å². The van der Waals surface area contributed by atoms with Gasteiger partial charge in [0.05, 0.1) is 22.4 Å². The molecule has 0 radical (unpaired) electrons. The third kappa shape index (κ3) is 6.72. The van der Waals surface area contributed by atoms with Crippen molar-refractivity contribution in [2.24, 2.45) is 0 Å². The molecule has 4 aromatic rings. The van der Waals surface area contributed by atoms with E-state index >= 15 is 0 Å². The number of rotatable bonds is 9. The third-order valence-corrected chi connectivity index (χ3v) is 9.99. The summed E-state index contributed by atoms with van der Waals surface area (Å²) >= 11 is 1.21. The topological polar surface area (TPSA) is 140 Å². The summed E-state index contributed by atoms with van der Waals surface area (Å²) < 4.78 is 5.99.